The number of nitrogens with two attached hydrogens (primary N) is 1. The van der Waals surface area contributed by atoms with Crippen LogP contribution in [0.4, 0.5) is 0 Å². The number of hydrogen-bond acceptors (Lipinski definition) is 4. The van der Waals surface area contributed by atoms with Gasteiger partial charge in [-0.3, -0.25) is 4.79 Å². The first-order chi connectivity index (χ1) is 8.67. The number of amides is 1. The molecule has 0 atom stereocenters. The minimum Gasteiger partial charge on any atom is -0.421 e. The lowest BCUT2D eigenvalue weighted by molar-refractivity contribution is -0.117. The number of carbonyl (C=O) groups excluding carboxylic acids is 1. The van der Waals surface area contributed by atoms with Crippen molar-refractivity contribution >= 4 is 15.7 Å². The fraction of sp³-hybridized carbons (Fsp3) is 0.923. The Morgan fingerprint density at radius 3 is 2.32 bits per heavy atom. The molecule has 0 fully saturated rings. The molecule has 1 amide bonds. The van der Waals surface area contributed by atoms with Crippen LogP contribution in [-0.4, -0.2) is 48.6 Å². The molecule has 0 aliphatic carbocycles. The van der Waals surface area contributed by atoms with E-state index < -0.39 is 9.76 Å². The molecular formula is C13H30N2O3Si. The van der Waals surface area contributed by atoms with E-state index in [0.29, 0.717) is 26.4 Å². The van der Waals surface area contributed by atoms with Gasteiger partial charge in [-0.25, -0.2) is 0 Å². The van der Waals surface area contributed by atoms with E-state index in [0.717, 1.165) is 0 Å². The van der Waals surface area contributed by atoms with Crippen LogP contribution in [0.25, 0.3) is 0 Å². The second-order valence-electron chi connectivity index (χ2n) is 6.44. The van der Waals surface area contributed by atoms with Crippen LogP contribution in [-0.2, 0) is 14.0 Å². The van der Waals surface area contributed by atoms with E-state index in [1.807, 2.05) is 0 Å². The SMILES string of the molecule is CC(C)(C)C(C)(C)[SiH2]OCCOCCNCC(N)=O. The number of hydrogen-bond donors (Lipinski definition) is 2. The highest BCUT2D eigenvalue weighted by molar-refractivity contribution is 6.32. The van der Waals surface area contributed by atoms with Gasteiger partial charge in [0.05, 0.1) is 26.4 Å². The molecule has 0 radical (unpaired) electrons. The summed E-state index contributed by atoms with van der Waals surface area (Å²) >= 11 is 0. The van der Waals surface area contributed by atoms with E-state index in [9.17, 15) is 4.79 Å². The van der Waals surface area contributed by atoms with Crippen LogP contribution in [0, 0.1) is 5.41 Å². The number of carbonyl (C=O) groups is 1. The van der Waals surface area contributed by atoms with Crippen molar-refractivity contribution in [2.24, 2.45) is 11.1 Å². The zero-order valence-electron chi connectivity index (χ0n) is 13.0. The lowest BCUT2D eigenvalue weighted by Crippen LogP contribution is -2.32. The fourth-order valence-corrected chi connectivity index (χ4v) is 2.33. The van der Waals surface area contributed by atoms with Gasteiger partial charge in [-0.1, -0.05) is 34.6 Å². The van der Waals surface area contributed by atoms with Crippen molar-refractivity contribution in [1.29, 1.82) is 0 Å². The van der Waals surface area contributed by atoms with Gasteiger partial charge in [0, 0.05) is 6.54 Å². The molecule has 0 saturated heterocycles. The normalized spacial score (nSPS) is 13.3. The summed E-state index contributed by atoms with van der Waals surface area (Å²) in [6, 6.07) is 0. The molecule has 0 bridgehead atoms. The van der Waals surface area contributed by atoms with Gasteiger partial charge in [-0.05, 0) is 10.5 Å². The molecule has 0 aliphatic heterocycles. The van der Waals surface area contributed by atoms with Gasteiger partial charge in [-0.15, -0.1) is 0 Å². The molecular weight excluding hydrogens is 260 g/mol. The third-order valence-electron chi connectivity index (χ3n) is 3.59. The molecule has 0 saturated carbocycles. The highest BCUT2D eigenvalue weighted by atomic mass is 28.2. The van der Waals surface area contributed by atoms with Gasteiger partial charge in [0.25, 0.3) is 0 Å². The van der Waals surface area contributed by atoms with Crippen molar-refractivity contribution in [3.05, 3.63) is 0 Å². The predicted octanol–water partition coefficient (Wildman–Crippen LogP) is 0.423. The summed E-state index contributed by atoms with van der Waals surface area (Å²) in [7, 11) is -0.576. The van der Waals surface area contributed by atoms with Crippen molar-refractivity contribution < 1.29 is 14.0 Å². The van der Waals surface area contributed by atoms with Gasteiger partial charge < -0.3 is 20.2 Å². The van der Waals surface area contributed by atoms with Crippen LogP contribution in [0.2, 0.25) is 5.04 Å². The summed E-state index contributed by atoms with van der Waals surface area (Å²) in [5, 5.41) is 3.16. The molecule has 0 rings (SSSR count). The third kappa shape index (κ3) is 9.15. The van der Waals surface area contributed by atoms with Crippen molar-refractivity contribution in [1.82, 2.24) is 5.32 Å². The molecule has 0 aromatic carbocycles. The Balaban J connectivity index is 3.44. The first kappa shape index (κ1) is 18.6. The van der Waals surface area contributed by atoms with Crippen LogP contribution in [0.15, 0.2) is 0 Å². The standard InChI is InChI=1S/C13H30N2O3Si/c1-12(2,3)13(4,5)19-18-9-8-17-7-6-15-10-11(14)16/h15H,6-10,19H2,1-5H3,(H2,14,16). The Bertz CT molecular complexity index is 265. The van der Waals surface area contributed by atoms with Crippen LogP contribution in [0.5, 0.6) is 0 Å². The van der Waals surface area contributed by atoms with E-state index in [1.165, 1.54) is 0 Å². The zero-order valence-corrected chi connectivity index (χ0v) is 14.5. The number of primary amides is 1. The third-order valence-corrected chi connectivity index (χ3v) is 5.86. The first-order valence-electron chi connectivity index (χ1n) is 6.81. The molecule has 0 heterocycles. The molecule has 5 nitrogen and oxygen atoms in total. The van der Waals surface area contributed by atoms with Gasteiger partial charge in [-0.2, -0.15) is 0 Å². The van der Waals surface area contributed by atoms with Gasteiger partial charge in [0.15, 0.2) is 9.76 Å². The topological polar surface area (TPSA) is 73.6 Å². The summed E-state index contributed by atoms with van der Waals surface area (Å²) in [6.07, 6.45) is 0. The summed E-state index contributed by atoms with van der Waals surface area (Å²) in [5.41, 5.74) is 5.27. The lowest BCUT2D eigenvalue weighted by Gasteiger charge is -2.38. The minimum atomic E-state index is -0.576. The highest BCUT2D eigenvalue weighted by Gasteiger charge is 2.33. The lowest BCUT2D eigenvalue weighted by atomic mass is 9.82. The summed E-state index contributed by atoms with van der Waals surface area (Å²) < 4.78 is 11.2. The number of ether oxygens (including phenoxy) is 1. The quantitative estimate of drug-likeness (QED) is 0.452. The second kappa shape index (κ2) is 8.68. The minimum absolute atomic E-state index is 0.201. The summed E-state index contributed by atoms with van der Waals surface area (Å²) in [6.45, 7) is 14.0. The molecule has 0 spiro atoms. The van der Waals surface area contributed by atoms with Gasteiger partial charge >= 0.3 is 0 Å². The number of rotatable bonds is 10. The Morgan fingerprint density at radius 2 is 1.79 bits per heavy atom. The average molecular weight is 290 g/mol. The van der Waals surface area contributed by atoms with E-state index in [1.54, 1.807) is 0 Å². The maximum Gasteiger partial charge on any atom is 0.231 e. The maximum atomic E-state index is 10.5. The van der Waals surface area contributed by atoms with Gasteiger partial charge in [0.2, 0.25) is 5.91 Å². The van der Waals surface area contributed by atoms with Crippen molar-refractivity contribution in [3.8, 4) is 0 Å². The van der Waals surface area contributed by atoms with Crippen molar-refractivity contribution in [2.75, 3.05) is 32.9 Å². The molecule has 0 aromatic heterocycles. The zero-order chi connectivity index (χ0) is 14.9. The van der Waals surface area contributed by atoms with Crippen molar-refractivity contribution in [2.45, 2.75) is 39.7 Å². The first-order valence-corrected chi connectivity index (χ1v) is 8.10. The summed E-state index contributed by atoms with van der Waals surface area (Å²) in [5.74, 6) is -0.348. The van der Waals surface area contributed by atoms with E-state index in [-0.39, 0.29) is 22.9 Å². The smallest absolute Gasteiger partial charge is 0.231 e. The summed E-state index contributed by atoms with van der Waals surface area (Å²) in [4.78, 5) is 10.5. The second-order valence-corrected chi connectivity index (χ2v) is 8.91. The molecule has 3 N–H and O–H groups in total. The largest absolute Gasteiger partial charge is 0.421 e. The van der Waals surface area contributed by atoms with Gasteiger partial charge in [0.1, 0.15) is 0 Å². The molecule has 19 heavy (non-hydrogen) atoms. The molecule has 6 heteroatoms. The van der Waals surface area contributed by atoms with E-state index >= 15 is 0 Å². The average Bonchev–Trinajstić information content (AvgIpc) is 2.24. The Morgan fingerprint density at radius 1 is 1.16 bits per heavy atom. The number of nitrogens with one attached hydrogen (secondary N) is 1. The van der Waals surface area contributed by atoms with Crippen LogP contribution < -0.4 is 11.1 Å². The Hall–Kier alpha value is -0.433. The molecule has 0 aromatic rings. The Labute approximate surface area is 119 Å². The van der Waals surface area contributed by atoms with Crippen LogP contribution in [0.1, 0.15) is 34.6 Å². The molecule has 0 unspecified atom stereocenters. The maximum absolute atomic E-state index is 10.5. The predicted molar refractivity (Wildman–Crippen MR) is 80.9 cm³/mol. The molecule has 114 valence electrons. The monoisotopic (exact) mass is 290 g/mol. The van der Waals surface area contributed by atoms with Crippen molar-refractivity contribution in [3.63, 3.8) is 0 Å². The van der Waals surface area contributed by atoms with E-state index in [4.69, 9.17) is 14.9 Å². The fourth-order valence-electron chi connectivity index (χ4n) is 1.12. The molecule has 0 aliphatic rings. The van der Waals surface area contributed by atoms with E-state index in [2.05, 4.69) is 39.9 Å². The van der Waals surface area contributed by atoms with Crippen LogP contribution >= 0.6 is 0 Å². The Kier molecular flexibility index (Phi) is 8.48. The van der Waals surface area contributed by atoms with Crippen LogP contribution in [0.3, 0.4) is 0 Å². The highest BCUT2D eigenvalue weighted by Crippen LogP contribution is 2.43.